The number of aromatic amines is 1. The minimum Gasteiger partial charge on any atom is -0.355 e. The third-order valence-corrected chi connectivity index (χ3v) is 2.41. The van der Waals surface area contributed by atoms with Crippen molar-refractivity contribution in [2.24, 2.45) is 0 Å². The Morgan fingerprint density at radius 3 is 1.69 bits per heavy atom. The summed E-state index contributed by atoms with van der Waals surface area (Å²) in [5, 5.41) is 8.01. The number of aromatic nitrogens is 1. The number of carbonyl (C=O) groups excluding carboxylic acids is 1. The number of hydrogen-bond acceptors (Lipinski definition) is 2. The molecule has 78 valence electrons. The molecule has 3 heteroatoms. The summed E-state index contributed by atoms with van der Waals surface area (Å²) in [6.45, 7) is 0. The first kappa shape index (κ1) is 10.1. The Morgan fingerprint density at radius 1 is 0.875 bits per heavy atom. The Labute approximate surface area is 92.2 Å². The summed E-state index contributed by atoms with van der Waals surface area (Å²) in [5.74, 6) is 0. The first-order chi connectivity index (χ1) is 7.86. The van der Waals surface area contributed by atoms with Gasteiger partial charge in [0, 0.05) is 21.8 Å². The third kappa shape index (κ3) is 1.72. The Bertz CT molecular complexity index is 599. The van der Waals surface area contributed by atoms with E-state index in [1.165, 1.54) is 21.8 Å². The predicted octanol–water partition coefficient (Wildman–Crippen LogP) is 3.22. The van der Waals surface area contributed by atoms with Crippen LogP contribution in [-0.2, 0) is 4.79 Å². The Morgan fingerprint density at radius 2 is 1.25 bits per heavy atom. The predicted molar refractivity (Wildman–Crippen MR) is 64.2 cm³/mol. The molecule has 0 spiro atoms. The molecule has 0 radical (unpaired) electrons. The van der Waals surface area contributed by atoms with E-state index in [0.717, 1.165) is 6.08 Å². The summed E-state index contributed by atoms with van der Waals surface area (Å²) in [6.07, 6.45) is 0.750. The second-order valence-corrected chi connectivity index (χ2v) is 3.32. The zero-order valence-electron chi connectivity index (χ0n) is 8.53. The molecule has 16 heavy (non-hydrogen) atoms. The highest BCUT2D eigenvalue weighted by Gasteiger charge is 2.00. The highest BCUT2D eigenvalue weighted by molar-refractivity contribution is 6.06. The molecule has 0 aliphatic carbocycles. The zero-order chi connectivity index (χ0) is 11.4. The molecule has 0 bridgehead atoms. The van der Waals surface area contributed by atoms with Crippen molar-refractivity contribution < 1.29 is 4.79 Å². The van der Waals surface area contributed by atoms with Gasteiger partial charge < -0.3 is 4.98 Å². The van der Waals surface area contributed by atoms with Crippen LogP contribution in [-0.4, -0.2) is 11.1 Å². The highest BCUT2D eigenvalue weighted by atomic mass is 16.1. The van der Waals surface area contributed by atoms with Crippen LogP contribution >= 0.6 is 0 Å². The molecule has 0 fully saturated rings. The minimum atomic E-state index is 0.750. The van der Waals surface area contributed by atoms with Gasteiger partial charge in [0.05, 0.1) is 0 Å². The maximum atomic E-state index is 8.35. The van der Waals surface area contributed by atoms with Gasteiger partial charge in [-0.05, 0) is 12.1 Å². The van der Waals surface area contributed by atoms with Crippen LogP contribution in [0.25, 0.3) is 21.8 Å². The van der Waals surface area contributed by atoms with Crippen molar-refractivity contribution >= 4 is 27.9 Å². The van der Waals surface area contributed by atoms with Crippen molar-refractivity contribution in [3.8, 4) is 0 Å². The molecule has 2 aromatic carbocycles. The maximum Gasteiger partial charge on any atom is 0.231 e. The van der Waals surface area contributed by atoms with Crippen molar-refractivity contribution in [3.05, 3.63) is 48.5 Å². The number of benzene rings is 2. The fraction of sp³-hybridized carbons (Fsp3) is 0. The third-order valence-electron chi connectivity index (χ3n) is 2.41. The summed E-state index contributed by atoms with van der Waals surface area (Å²) in [5.41, 5.74) is 2.42. The van der Waals surface area contributed by atoms with E-state index < -0.39 is 0 Å². The highest BCUT2D eigenvalue weighted by Crippen LogP contribution is 2.24. The van der Waals surface area contributed by atoms with Gasteiger partial charge in [0.1, 0.15) is 0 Å². The molecular weight excluding hydrogens is 200 g/mol. The van der Waals surface area contributed by atoms with Crippen LogP contribution in [0.3, 0.4) is 0 Å². The Balaban J connectivity index is 0.000000292. The first-order valence-electron chi connectivity index (χ1n) is 4.86. The van der Waals surface area contributed by atoms with Crippen molar-refractivity contribution in [3.63, 3.8) is 0 Å². The first-order valence-corrected chi connectivity index (χ1v) is 4.86. The topological polar surface area (TPSA) is 56.7 Å². The van der Waals surface area contributed by atoms with Gasteiger partial charge in [-0.25, -0.2) is 10.2 Å². The van der Waals surface area contributed by atoms with Crippen LogP contribution < -0.4 is 0 Å². The smallest absolute Gasteiger partial charge is 0.231 e. The monoisotopic (exact) mass is 210 g/mol. The molecule has 3 rings (SSSR count). The van der Waals surface area contributed by atoms with Crippen LogP contribution in [0, 0.1) is 5.41 Å². The second-order valence-electron chi connectivity index (χ2n) is 3.32. The lowest BCUT2D eigenvalue weighted by molar-refractivity contribution is 0.563. The number of para-hydroxylation sites is 2. The van der Waals surface area contributed by atoms with Gasteiger partial charge >= 0.3 is 0 Å². The lowest BCUT2D eigenvalue weighted by Crippen LogP contribution is -1.62. The molecule has 0 amide bonds. The fourth-order valence-corrected chi connectivity index (χ4v) is 1.80. The summed E-state index contributed by atoms with van der Waals surface area (Å²) >= 11 is 0. The van der Waals surface area contributed by atoms with E-state index in [2.05, 4.69) is 53.5 Å². The van der Waals surface area contributed by atoms with Crippen molar-refractivity contribution in [1.29, 1.82) is 5.41 Å². The van der Waals surface area contributed by atoms with Gasteiger partial charge in [-0.3, -0.25) is 0 Å². The number of rotatable bonds is 0. The average molecular weight is 210 g/mol. The minimum absolute atomic E-state index is 0.750. The van der Waals surface area contributed by atoms with E-state index in [4.69, 9.17) is 10.2 Å². The molecule has 0 unspecified atom stereocenters. The number of isocyanates is 1. The van der Waals surface area contributed by atoms with E-state index in [-0.39, 0.29) is 0 Å². The van der Waals surface area contributed by atoms with Gasteiger partial charge in [-0.1, -0.05) is 36.4 Å². The SMILES string of the molecule is N=C=O.c1ccc2c(c1)[nH]c1ccccc12. The zero-order valence-corrected chi connectivity index (χ0v) is 8.53. The maximum absolute atomic E-state index is 8.35. The van der Waals surface area contributed by atoms with Crippen LogP contribution in [0.2, 0.25) is 0 Å². The molecule has 0 atom stereocenters. The van der Waals surface area contributed by atoms with Gasteiger partial charge in [0.2, 0.25) is 6.08 Å². The molecule has 1 heterocycles. The van der Waals surface area contributed by atoms with E-state index in [1.54, 1.807) is 0 Å². The van der Waals surface area contributed by atoms with E-state index >= 15 is 0 Å². The molecule has 3 nitrogen and oxygen atoms in total. The number of fused-ring (bicyclic) bond motifs is 3. The lowest BCUT2D eigenvalue weighted by Gasteiger charge is -1.87. The molecule has 0 saturated heterocycles. The van der Waals surface area contributed by atoms with Crippen molar-refractivity contribution in [1.82, 2.24) is 4.98 Å². The van der Waals surface area contributed by atoms with Gasteiger partial charge in [-0.15, -0.1) is 0 Å². The number of hydrogen-bond donors (Lipinski definition) is 2. The van der Waals surface area contributed by atoms with Gasteiger partial charge in [0.25, 0.3) is 0 Å². The standard InChI is InChI=1S/C12H9N.CHNO/c1-3-7-11-9(5-1)10-6-2-4-8-12(10)13-11;2-1-3/h1-8,13H;2H. The van der Waals surface area contributed by atoms with Crippen LogP contribution in [0.4, 0.5) is 0 Å². The van der Waals surface area contributed by atoms with Crippen molar-refractivity contribution in [2.45, 2.75) is 0 Å². The quantitative estimate of drug-likeness (QED) is 0.434. The van der Waals surface area contributed by atoms with Gasteiger partial charge in [-0.2, -0.15) is 0 Å². The number of nitrogens with one attached hydrogen (secondary N) is 2. The van der Waals surface area contributed by atoms with Crippen molar-refractivity contribution in [2.75, 3.05) is 0 Å². The van der Waals surface area contributed by atoms with E-state index in [1.807, 2.05) is 0 Å². The van der Waals surface area contributed by atoms with E-state index in [0.29, 0.717) is 0 Å². The molecule has 0 aliphatic rings. The lowest BCUT2D eigenvalue weighted by atomic mass is 10.2. The Hall–Kier alpha value is -2.38. The second kappa shape index (κ2) is 4.43. The summed E-state index contributed by atoms with van der Waals surface area (Å²) in [6, 6.07) is 16.8. The van der Waals surface area contributed by atoms with E-state index in [9.17, 15) is 0 Å². The number of H-pyrrole nitrogens is 1. The molecule has 1 aromatic heterocycles. The summed E-state index contributed by atoms with van der Waals surface area (Å²) in [7, 11) is 0. The molecule has 0 saturated carbocycles. The summed E-state index contributed by atoms with van der Waals surface area (Å²) < 4.78 is 0. The molecule has 2 N–H and O–H groups in total. The van der Waals surface area contributed by atoms with Crippen LogP contribution in [0.15, 0.2) is 48.5 Å². The average Bonchev–Trinajstić information content (AvgIpc) is 2.68. The Kier molecular flexibility index (Phi) is 2.81. The van der Waals surface area contributed by atoms with Crippen LogP contribution in [0.1, 0.15) is 0 Å². The van der Waals surface area contributed by atoms with Gasteiger partial charge in [0.15, 0.2) is 0 Å². The summed E-state index contributed by atoms with van der Waals surface area (Å²) in [4.78, 5) is 11.7. The molecule has 3 aromatic rings. The molecular formula is C13H10N2O. The van der Waals surface area contributed by atoms with Crippen LogP contribution in [0.5, 0.6) is 0 Å². The fourth-order valence-electron chi connectivity index (χ4n) is 1.80. The normalized spacial score (nSPS) is 9.50. The largest absolute Gasteiger partial charge is 0.355 e. The molecule has 0 aliphatic heterocycles.